The number of likely N-dealkylation sites (N-methyl/N-ethyl adjacent to an activating group) is 1. The van der Waals surface area contributed by atoms with Crippen molar-refractivity contribution in [3.05, 3.63) is 0 Å². The fraction of sp³-hybridized carbons (Fsp3) is 1.00. The van der Waals surface area contributed by atoms with Crippen LogP contribution in [-0.4, -0.2) is 29.6 Å². The molecular formula is C16H34N2. The molecule has 1 saturated carbocycles. The van der Waals surface area contributed by atoms with Gasteiger partial charge >= 0.3 is 0 Å². The van der Waals surface area contributed by atoms with E-state index in [1.165, 1.54) is 32.1 Å². The van der Waals surface area contributed by atoms with E-state index < -0.39 is 0 Å². The molecule has 108 valence electrons. The average Bonchev–Trinajstić information content (AvgIpc) is 2.38. The van der Waals surface area contributed by atoms with Gasteiger partial charge in [-0.05, 0) is 45.2 Å². The van der Waals surface area contributed by atoms with Crippen molar-refractivity contribution >= 4 is 0 Å². The molecule has 1 rings (SSSR count). The highest BCUT2D eigenvalue weighted by atomic mass is 15.2. The summed E-state index contributed by atoms with van der Waals surface area (Å²) in [7, 11) is 0. The van der Waals surface area contributed by atoms with Crippen molar-refractivity contribution in [1.82, 2.24) is 4.90 Å². The molecule has 1 aliphatic rings. The molecule has 2 nitrogen and oxygen atoms in total. The van der Waals surface area contributed by atoms with Crippen LogP contribution >= 0.6 is 0 Å². The smallest absolute Gasteiger partial charge is 0.0306 e. The van der Waals surface area contributed by atoms with E-state index in [2.05, 4.69) is 39.5 Å². The maximum atomic E-state index is 6.70. The minimum atomic E-state index is 0.124. The number of nitrogens with zero attached hydrogens (tertiary/aromatic N) is 1. The number of rotatable bonds is 6. The fourth-order valence-corrected chi connectivity index (χ4v) is 3.99. The molecule has 0 aliphatic heterocycles. The van der Waals surface area contributed by atoms with Crippen molar-refractivity contribution in [1.29, 1.82) is 0 Å². The van der Waals surface area contributed by atoms with Crippen LogP contribution in [0.15, 0.2) is 0 Å². The van der Waals surface area contributed by atoms with Gasteiger partial charge in [-0.15, -0.1) is 0 Å². The third-order valence-corrected chi connectivity index (χ3v) is 5.35. The molecule has 0 heterocycles. The first-order valence-corrected chi connectivity index (χ1v) is 7.99. The summed E-state index contributed by atoms with van der Waals surface area (Å²) in [5.41, 5.74) is 6.83. The van der Waals surface area contributed by atoms with Crippen LogP contribution in [0.3, 0.4) is 0 Å². The molecule has 3 unspecified atom stereocenters. The van der Waals surface area contributed by atoms with Gasteiger partial charge in [0.1, 0.15) is 0 Å². The van der Waals surface area contributed by atoms with E-state index in [0.717, 1.165) is 24.9 Å². The van der Waals surface area contributed by atoms with E-state index in [1.54, 1.807) is 0 Å². The fourth-order valence-electron chi connectivity index (χ4n) is 3.99. The van der Waals surface area contributed by atoms with Gasteiger partial charge in [0.05, 0.1) is 0 Å². The van der Waals surface area contributed by atoms with Crippen LogP contribution in [0.4, 0.5) is 0 Å². The average molecular weight is 254 g/mol. The van der Waals surface area contributed by atoms with Crippen LogP contribution in [0, 0.1) is 11.8 Å². The summed E-state index contributed by atoms with van der Waals surface area (Å²) in [6.45, 7) is 13.7. The molecule has 0 aromatic carbocycles. The minimum Gasteiger partial charge on any atom is -0.326 e. The zero-order valence-corrected chi connectivity index (χ0v) is 13.2. The highest BCUT2D eigenvalue weighted by molar-refractivity contribution is 4.97. The maximum absolute atomic E-state index is 6.70. The van der Waals surface area contributed by atoms with Crippen molar-refractivity contribution < 1.29 is 0 Å². The van der Waals surface area contributed by atoms with E-state index in [9.17, 15) is 0 Å². The van der Waals surface area contributed by atoms with Gasteiger partial charge in [0.15, 0.2) is 0 Å². The van der Waals surface area contributed by atoms with Crippen LogP contribution in [0.25, 0.3) is 0 Å². The van der Waals surface area contributed by atoms with Crippen LogP contribution in [-0.2, 0) is 0 Å². The summed E-state index contributed by atoms with van der Waals surface area (Å²) >= 11 is 0. The summed E-state index contributed by atoms with van der Waals surface area (Å²) in [5, 5.41) is 0. The van der Waals surface area contributed by atoms with E-state index in [-0.39, 0.29) is 5.54 Å². The molecule has 0 aromatic rings. The minimum absolute atomic E-state index is 0.124. The zero-order chi connectivity index (χ0) is 13.8. The quantitative estimate of drug-likeness (QED) is 0.784. The van der Waals surface area contributed by atoms with Crippen molar-refractivity contribution in [3.8, 4) is 0 Å². The number of nitrogens with two attached hydrogens (primary N) is 1. The van der Waals surface area contributed by atoms with Crippen LogP contribution in [0.5, 0.6) is 0 Å². The van der Waals surface area contributed by atoms with Crippen LogP contribution in [0.1, 0.15) is 66.7 Å². The number of hydrogen-bond donors (Lipinski definition) is 1. The second-order valence-corrected chi connectivity index (χ2v) is 6.47. The van der Waals surface area contributed by atoms with Gasteiger partial charge in [0.25, 0.3) is 0 Å². The van der Waals surface area contributed by atoms with Crippen molar-refractivity contribution in [2.24, 2.45) is 17.6 Å². The summed E-state index contributed by atoms with van der Waals surface area (Å²) in [5.74, 6) is 1.57. The Hall–Kier alpha value is -0.0800. The van der Waals surface area contributed by atoms with Gasteiger partial charge in [0, 0.05) is 11.6 Å². The molecule has 1 aliphatic carbocycles. The summed E-state index contributed by atoms with van der Waals surface area (Å²) in [6, 6.07) is 0.308. The number of hydrogen-bond acceptors (Lipinski definition) is 2. The predicted molar refractivity (Wildman–Crippen MR) is 80.7 cm³/mol. The van der Waals surface area contributed by atoms with Crippen molar-refractivity contribution in [2.75, 3.05) is 13.1 Å². The van der Waals surface area contributed by atoms with E-state index in [0.29, 0.717) is 6.04 Å². The van der Waals surface area contributed by atoms with Crippen LogP contribution < -0.4 is 5.73 Å². The Morgan fingerprint density at radius 3 is 2.17 bits per heavy atom. The maximum Gasteiger partial charge on any atom is 0.0306 e. The first-order valence-electron chi connectivity index (χ1n) is 7.99. The molecular weight excluding hydrogens is 220 g/mol. The van der Waals surface area contributed by atoms with Gasteiger partial charge in [-0.1, -0.05) is 46.5 Å². The molecule has 0 aromatic heterocycles. The molecule has 2 N–H and O–H groups in total. The van der Waals surface area contributed by atoms with Gasteiger partial charge in [0.2, 0.25) is 0 Å². The molecule has 18 heavy (non-hydrogen) atoms. The SMILES string of the molecule is CCC1CCCCC1C(N)C(C)(C)N(CC)CC. The largest absolute Gasteiger partial charge is 0.326 e. The highest BCUT2D eigenvalue weighted by Crippen LogP contribution is 2.38. The standard InChI is InChI=1S/C16H34N2/c1-6-13-11-9-10-12-14(13)15(17)16(4,5)18(7-2)8-3/h13-15H,6-12,17H2,1-5H3. The lowest BCUT2D eigenvalue weighted by Gasteiger charge is -2.48. The predicted octanol–water partition coefficient (Wildman–Crippen LogP) is 3.65. The lowest BCUT2D eigenvalue weighted by molar-refractivity contribution is 0.0517. The van der Waals surface area contributed by atoms with Gasteiger partial charge in [-0.25, -0.2) is 0 Å². The van der Waals surface area contributed by atoms with E-state index in [4.69, 9.17) is 5.73 Å². The highest BCUT2D eigenvalue weighted by Gasteiger charge is 2.39. The molecule has 1 fully saturated rings. The van der Waals surface area contributed by atoms with Gasteiger partial charge in [-0.2, -0.15) is 0 Å². The Bertz CT molecular complexity index is 233. The second-order valence-electron chi connectivity index (χ2n) is 6.47. The monoisotopic (exact) mass is 254 g/mol. The Balaban J connectivity index is 2.79. The third kappa shape index (κ3) is 3.27. The van der Waals surface area contributed by atoms with E-state index in [1.807, 2.05) is 0 Å². The van der Waals surface area contributed by atoms with E-state index >= 15 is 0 Å². The van der Waals surface area contributed by atoms with Crippen molar-refractivity contribution in [2.45, 2.75) is 78.3 Å². The second kappa shape index (κ2) is 6.91. The Kier molecular flexibility index (Phi) is 6.13. The van der Waals surface area contributed by atoms with Crippen LogP contribution in [0.2, 0.25) is 0 Å². The molecule has 0 bridgehead atoms. The van der Waals surface area contributed by atoms with Gasteiger partial charge in [-0.3, -0.25) is 4.90 Å². The zero-order valence-electron chi connectivity index (χ0n) is 13.2. The van der Waals surface area contributed by atoms with Gasteiger partial charge < -0.3 is 5.73 Å². The molecule has 0 radical (unpaired) electrons. The lowest BCUT2D eigenvalue weighted by Crippen LogP contribution is -2.60. The first-order chi connectivity index (χ1) is 8.48. The first kappa shape index (κ1) is 16.0. The lowest BCUT2D eigenvalue weighted by atomic mass is 9.69. The molecule has 0 amide bonds. The molecule has 2 heteroatoms. The summed E-state index contributed by atoms with van der Waals surface area (Å²) < 4.78 is 0. The third-order valence-electron chi connectivity index (χ3n) is 5.35. The molecule has 0 spiro atoms. The van der Waals surface area contributed by atoms with Crippen molar-refractivity contribution in [3.63, 3.8) is 0 Å². The summed E-state index contributed by atoms with van der Waals surface area (Å²) in [6.07, 6.45) is 6.82. The molecule has 3 atom stereocenters. The Morgan fingerprint density at radius 1 is 1.11 bits per heavy atom. The topological polar surface area (TPSA) is 29.3 Å². The summed E-state index contributed by atoms with van der Waals surface area (Å²) in [4.78, 5) is 2.53. The Morgan fingerprint density at radius 2 is 1.67 bits per heavy atom. The molecule has 0 saturated heterocycles. The normalized spacial score (nSPS) is 27.5. The Labute approximate surface area is 114 Å².